The van der Waals surface area contributed by atoms with Crippen LogP contribution in [0, 0.1) is 24.1 Å². The molecule has 112 valence electrons. The topological polar surface area (TPSA) is 12.0 Å². The largest absolute Gasteiger partial charge is 0.382 e. The van der Waals surface area contributed by atoms with Crippen molar-refractivity contribution >= 4 is 21.6 Å². The number of aryl methyl sites for hydroxylation is 1. The van der Waals surface area contributed by atoms with Gasteiger partial charge in [0.1, 0.15) is 5.82 Å². The summed E-state index contributed by atoms with van der Waals surface area (Å²) < 4.78 is 14.0. The standard InChI is InChI=1S/C17H25BrFN/c1-11-9-15(19)14(18)10-16(11)20-13-7-5-12(6-8-13)17(2,3)4/h9-10,12-13,20H,5-8H2,1-4H3. The Labute approximate surface area is 130 Å². The van der Waals surface area contributed by atoms with E-state index in [0.717, 1.165) is 17.2 Å². The van der Waals surface area contributed by atoms with Crippen molar-refractivity contribution in [3.05, 3.63) is 28.0 Å². The van der Waals surface area contributed by atoms with Crippen molar-refractivity contribution in [2.75, 3.05) is 5.32 Å². The highest BCUT2D eigenvalue weighted by Crippen LogP contribution is 2.38. The zero-order valence-corrected chi connectivity index (χ0v) is 14.5. The second-order valence-corrected chi connectivity index (χ2v) is 7.99. The van der Waals surface area contributed by atoms with E-state index in [-0.39, 0.29) is 5.82 Å². The summed E-state index contributed by atoms with van der Waals surface area (Å²) in [5.41, 5.74) is 2.45. The molecular formula is C17H25BrFN. The van der Waals surface area contributed by atoms with Gasteiger partial charge in [-0.1, -0.05) is 20.8 Å². The molecule has 20 heavy (non-hydrogen) atoms. The molecule has 0 unspecified atom stereocenters. The first kappa shape index (κ1) is 15.8. The van der Waals surface area contributed by atoms with E-state index in [1.807, 2.05) is 13.0 Å². The van der Waals surface area contributed by atoms with Crippen molar-refractivity contribution in [2.24, 2.45) is 11.3 Å². The summed E-state index contributed by atoms with van der Waals surface area (Å²) in [5.74, 6) is 0.631. The molecule has 1 N–H and O–H groups in total. The molecule has 0 radical (unpaired) electrons. The van der Waals surface area contributed by atoms with Crippen molar-refractivity contribution in [1.29, 1.82) is 0 Å². The van der Waals surface area contributed by atoms with Gasteiger partial charge in [0, 0.05) is 11.7 Å². The Morgan fingerprint density at radius 2 is 1.75 bits per heavy atom. The molecule has 1 saturated carbocycles. The predicted octanol–water partition coefficient (Wildman–Crippen LogP) is 5.91. The van der Waals surface area contributed by atoms with Gasteiger partial charge < -0.3 is 5.32 Å². The lowest BCUT2D eigenvalue weighted by Crippen LogP contribution is -2.31. The van der Waals surface area contributed by atoms with Gasteiger partial charge in [-0.25, -0.2) is 4.39 Å². The van der Waals surface area contributed by atoms with Crippen LogP contribution in [0.3, 0.4) is 0 Å². The van der Waals surface area contributed by atoms with Crippen LogP contribution in [0.15, 0.2) is 16.6 Å². The van der Waals surface area contributed by atoms with Crippen molar-refractivity contribution in [2.45, 2.75) is 59.4 Å². The molecular weight excluding hydrogens is 317 g/mol. The summed E-state index contributed by atoms with van der Waals surface area (Å²) in [7, 11) is 0. The first-order valence-corrected chi connectivity index (χ1v) is 8.29. The summed E-state index contributed by atoms with van der Waals surface area (Å²) in [6, 6.07) is 3.97. The maximum Gasteiger partial charge on any atom is 0.137 e. The molecule has 1 aromatic rings. The van der Waals surface area contributed by atoms with E-state index >= 15 is 0 Å². The fourth-order valence-electron chi connectivity index (χ4n) is 3.13. The van der Waals surface area contributed by atoms with Crippen molar-refractivity contribution in [3.8, 4) is 0 Å². The Bertz CT molecular complexity index is 471. The second-order valence-electron chi connectivity index (χ2n) is 7.14. The number of halogens is 2. The number of hydrogen-bond acceptors (Lipinski definition) is 1. The SMILES string of the molecule is Cc1cc(F)c(Br)cc1NC1CCC(C(C)(C)C)CC1. The molecule has 0 atom stereocenters. The Morgan fingerprint density at radius 1 is 1.15 bits per heavy atom. The molecule has 3 heteroatoms. The van der Waals surface area contributed by atoms with E-state index in [2.05, 4.69) is 42.0 Å². The fourth-order valence-corrected chi connectivity index (χ4v) is 3.47. The highest BCUT2D eigenvalue weighted by Gasteiger charge is 2.29. The summed E-state index contributed by atoms with van der Waals surface area (Å²) in [6.45, 7) is 8.98. The van der Waals surface area contributed by atoms with Crippen LogP contribution in [0.25, 0.3) is 0 Å². The van der Waals surface area contributed by atoms with Crippen LogP contribution < -0.4 is 5.32 Å². The number of nitrogens with one attached hydrogen (secondary N) is 1. The average molecular weight is 342 g/mol. The molecule has 0 bridgehead atoms. The molecule has 1 aliphatic carbocycles. The number of rotatable bonds is 2. The Balaban J connectivity index is 1.98. The summed E-state index contributed by atoms with van der Waals surface area (Å²) in [6.07, 6.45) is 4.97. The molecule has 0 saturated heterocycles. The lowest BCUT2D eigenvalue weighted by atomic mass is 9.71. The number of hydrogen-bond donors (Lipinski definition) is 1. The monoisotopic (exact) mass is 341 g/mol. The first-order chi connectivity index (χ1) is 9.27. The van der Waals surface area contributed by atoms with Crippen LogP contribution in [0.5, 0.6) is 0 Å². The summed E-state index contributed by atoms with van der Waals surface area (Å²) in [5, 5.41) is 3.59. The first-order valence-electron chi connectivity index (χ1n) is 7.49. The second kappa shape index (κ2) is 6.05. The molecule has 0 aromatic heterocycles. The average Bonchev–Trinajstić information content (AvgIpc) is 2.35. The van der Waals surface area contributed by atoms with Crippen molar-refractivity contribution < 1.29 is 4.39 Å². The molecule has 0 amide bonds. The zero-order valence-electron chi connectivity index (χ0n) is 12.9. The molecule has 0 spiro atoms. The molecule has 0 aliphatic heterocycles. The van der Waals surface area contributed by atoms with Gasteiger partial charge in [0.15, 0.2) is 0 Å². The molecule has 0 heterocycles. The zero-order chi connectivity index (χ0) is 14.9. The van der Waals surface area contributed by atoms with Gasteiger partial charge in [0.05, 0.1) is 4.47 Å². The maximum atomic E-state index is 13.4. The smallest absolute Gasteiger partial charge is 0.137 e. The number of anilines is 1. The van der Waals surface area contributed by atoms with Gasteiger partial charge in [-0.15, -0.1) is 0 Å². The van der Waals surface area contributed by atoms with Crippen molar-refractivity contribution in [3.63, 3.8) is 0 Å². The minimum atomic E-state index is -0.190. The molecule has 1 aromatic carbocycles. The minimum absolute atomic E-state index is 0.190. The van der Waals surface area contributed by atoms with Crippen LogP contribution in [0.1, 0.15) is 52.0 Å². The van der Waals surface area contributed by atoms with Crippen LogP contribution in [0.4, 0.5) is 10.1 Å². The minimum Gasteiger partial charge on any atom is -0.382 e. The van der Waals surface area contributed by atoms with Crippen LogP contribution in [0.2, 0.25) is 0 Å². The van der Waals surface area contributed by atoms with Crippen molar-refractivity contribution in [1.82, 2.24) is 0 Å². The number of benzene rings is 1. The van der Waals surface area contributed by atoms with E-state index < -0.39 is 0 Å². The Kier molecular flexibility index (Phi) is 4.78. The predicted molar refractivity (Wildman–Crippen MR) is 87.7 cm³/mol. The Hall–Kier alpha value is -0.570. The fraction of sp³-hybridized carbons (Fsp3) is 0.647. The third-order valence-corrected chi connectivity index (χ3v) is 5.19. The highest BCUT2D eigenvalue weighted by atomic mass is 79.9. The summed E-state index contributed by atoms with van der Waals surface area (Å²) >= 11 is 3.27. The van der Waals surface area contributed by atoms with E-state index in [1.165, 1.54) is 25.7 Å². The normalized spacial score (nSPS) is 23.7. The third kappa shape index (κ3) is 3.75. The van der Waals surface area contributed by atoms with Gasteiger partial charge in [-0.05, 0) is 77.6 Å². The lowest BCUT2D eigenvalue weighted by molar-refractivity contribution is 0.173. The van der Waals surface area contributed by atoms with Gasteiger partial charge in [-0.2, -0.15) is 0 Å². The molecule has 2 rings (SSSR count). The Morgan fingerprint density at radius 3 is 2.30 bits per heavy atom. The maximum absolute atomic E-state index is 13.4. The highest BCUT2D eigenvalue weighted by molar-refractivity contribution is 9.10. The lowest BCUT2D eigenvalue weighted by Gasteiger charge is -2.37. The molecule has 1 nitrogen and oxygen atoms in total. The van der Waals surface area contributed by atoms with E-state index in [1.54, 1.807) is 6.07 Å². The van der Waals surface area contributed by atoms with E-state index in [4.69, 9.17) is 0 Å². The molecule has 1 fully saturated rings. The quantitative estimate of drug-likeness (QED) is 0.704. The van der Waals surface area contributed by atoms with E-state index in [9.17, 15) is 4.39 Å². The van der Waals surface area contributed by atoms with Crippen LogP contribution in [-0.2, 0) is 0 Å². The third-order valence-electron chi connectivity index (χ3n) is 4.58. The van der Waals surface area contributed by atoms with Gasteiger partial charge in [-0.3, -0.25) is 0 Å². The molecule has 1 aliphatic rings. The van der Waals surface area contributed by atoms with Crippen LogP contribution in [-0.4, -0.2) is 6.04 Å². The van der Waals surface area contributed by atoms with Gasteiger partial charge in [0.25, 0.3) is 0 Å². The van der Waals surface area contributed by atoms with Crippen LogP contribution >= 0.6 is 15.9 Å². The van der Waals surface area contributed by atoms with Gasteiger partial charge >= 0.3 is 0 Å². The summed E-state index contributed by atoms with van der Waals surface area (Å²) in [4.78, 5) is 0. The van der Waals surface area contributed by atoms with Gasteiger partial charge in [0.2, 0.25) is 0 Å². The van der Waals surface area contributed by atoms with E-state index in [0.29, 0.717) is 15.9 Å².